The molecule has 1 heterocycles. The van der Waals surface area contributed by atoms with E-state index in [-0.39, 0.29) is 54.0 Å². The van der Waals surface area contributed by atoms with Crippen LogP contribution in [0.25, 0.3) is 4.85 Å². The third kappa shape index (κ3) is 13.1. The van der Waals surface area contributed by atoms with Crippen LogP contribution in [0.1, 0.15) is 123 Å². The van der Waals surface area contributed by atoms with E-state index >= 15 is 0 Å². The summed E-state index contributed by atoms with van der Waals surface area (Å²) in [7, 11) is 0. The summed E-state index contributed by atoms with van der Waals surface area (Å²) < 4.78 is 34.6. The van der Waals surface area contributed by atoms with Crippen LogP contribution in [0, 0.1) is 30.2 Å². The van der Waals surface area contributed by atoms with Crippen molar-refractivity contribution < 1.29 is 52.4 Å². The zero-order chi connectivity index (χ0) is 41.4. The van der Waals surface area contributed by atoms with Crippen molar-refractivity contribution in [2.45, 2.75) is 145 Å². The molecular formula is C44H57NO11S2. The lowest BCUT2D eigenvalue weighted by molar-refractivity contribution is -0.159. The van der Waals surface area contributed by atoms with E-state index in [2.05, 4.69) is 18.3 Å². The van der Waals surface area contributed by atoms with Crippen LogP contribution in [0.15, 0.2) is 44.5 Å². The fraction of sp³-hybridized carbons (Fsp3) is 0.636. The molecule has 0 aromatic heterocycles. The summed E-state index contributed by atoms with van der Waals surface area (Å²) in [6.45, 7) is 16.4. The number of thioether (sulfide) groups is 2. The minimum absolute atomic E-state index is 0.147. The number of carbonyl (C=O) groups is 5. The molecule has 4 aliphatic rings. The van der Waals surface area contributed by atoms with Crippen molar-refractivity contribution in [3.63, 3.8) is 0 Å². The van der Waals surface area contributed by atoms with Gasteiger partial charge in [0, 0.05) is 12.7 Å². The number of esters is 5. The first-order chi connectivity index (χ1) is 28.1. The number of ether oxygens (including phenoxy) is 6. The largest absolute Gasteiger partial charge is 0.471 e. The first kappa shape index (κ1) is 45.3. The SMILES string of the molecule is [C-]#[N+]C(C(=O)OCCC)=C1Sc2c(OC(=O)C3CCC(C)CC3)ccc(OC(=O)C3CCC(OC(=O)C4CCC(OCCCCCCOC(=O)C=C)CC4)CC3)c2S1. The van der Waals surface area contributed by atoms with Gasteiger partial charge in [0.2, 0.25) is 0 Å². The lowest BCUT2D eigenvalue weighted by Crippen LogP contribution is -2.33. The fourth-order valence-corrected chi connectivity index (χ4v) is 10.2. The van der Waals surface area contributed by atoms with Gasteiger partial charge in [0.15, 0.2) is 0 Å². The number of benzene rings is 1. The first-order valence-electron chi connectivity index (χ1n) is 21.0. The summed E-state index contributed by atoms with van der Waals surface area (Å²) in [5.41, 5.74) is -0.171. The van der Waals surface area contributed by atoms with E-state index in [9.17, 15) is 24.0 Å². The summed E-state index contributed by atoms with van der Waals surface area (Å²) in [4.78, 5) is 68.2. The molecule has 1 aromatic carbocycles. The Balaban J connectivity index is 1.09. The maximum Gasteiger partial charge on any atom is 0.338 e. The molecule has 58 heavy (non-hydrogen) atoms. The minimum Gasteiger partial charge on any atom is -0.471 e. The normalized spacial score (nSPS) is 25.0. The molecule has 0 bridgehead atoms. The van der Waals surface area contributed by atoms with Gasteiger partial charge in [0.05, 0.1) is 57.7 Å². The number of rotatable bonds is 18. The number of hydrogen-bond donors (Lipinski definition) is 0. The van der Waals surface area contributed by atoms with Crippen molar-refractivity contribution in [3.05, 3.63) is 46.1 Å². The van der Waals surface area contributed by atoms with Crippen LogP contribution in [0.4, 0.5) is 0 Å². The minimum atomic E-state index is -0.728. The van der Waals surface area contributed by atoms with Gasteiger partial charge in [-0.2, -0.15) is 0 Å². The summed E-state index contributed by atoms with van der Waals surface area (Å²) in [6, 6.07) is 3.22. The molecule has 0 radical (unpaired) electrons. The van der Waals surface area contributed by atoms with E-state index in [0.717, 1.165) is 101 Å². The molecule has 14 heteroatoms. The van der Waals surface area contributed by atoms with Crippen molar-refractivity contribution in [2.75, 3.05) is 19.8 Å². The third-order valence-corrected chi connectivity index (χ3v) is 13.8. The van der Waals surface area contributed by atoms with Crippen LogP contribution in [0.5, 0.6) is 11.5 Å². The predicted octanol–water partition coefficient (Wildman–Crippen LogP) is 9.53. The molecular weight excluding hydrogens is 783 g/mol. The second kappa shape index (κ2) is 23.1. The van der Waals surface area contributed by atoms with E-state index in [4.69, 9.17) is 35.0 Å². The van der Waals surface area contributed by atoms with Gasteiger partial charge in [-0.15, -0.1) is 0 Å². The quantitative estimate of drug-likeness (QED) is 0.0346. The molecule has 316 valence electrons. The van der Waals surface area contributed by atoms with E-state index in [1.54, 1.807) is 12.1 Å². The second-order valence-electron chi connectivity index (χ2n) is 15.6. The van der Waals surface area contributed by atoms with E-state index in [1.807, 2.05) is 6.92 Å². The molecule has 3 saturated carbocycles. The lowest BCUT2D eigenvalue weighted by atomic mass is 9.83. The standard InChI is InChI=1S/C44H57NO11S2/c1-5-25-53-43(50)37(45-4)44-57-38-34(55-41(48)29-13-11-28(3)12-14-29)23-24-35(39(38)58-44)56-42(49)31-17-21-33(22-18-31)54-40(47)30-15-19-32(20-16-30)51-26-9-7-8-10-27-52-36(46)6-2/h6,23-24,28-33H,2,5,7-22,25-27H2,1,3H3. The molecule has 1 aliphatic heterocycles. The van der Waals surface area contributed by atoms with Gasteiger partial charge >= 0.3 is 29.8 Å². The van der Waals surface area contributed by atoms with Gasteiger partial charge in [-0.25, -0.2) is 9.64 Å². The molecule has 3 aliphatic carbocycles. The smallest absolute Gasteiger partial charge is 0.338 e. The number of carbonyl (C=O) groups excluding carboxylic acids is 5. The van der Waals surface area contributed by atoms with Crippen molar-refractivity contribution in [1.82, 2.24) is 0 Å². The second-order valence-corrected chi connectivity index (χ2v) is 17.9. The first-order valence-corrected chi connectivity index (χ1v) is 22.6. The van der Waals surface area contributed by atoms with Gasteiger partial charge in [-0.05, 0) is 121 Å². The van der Waals surface area contributed by atoms with Gasteiger partial charge in [0.25, 0.3) is 5.70 Å². The predicted molar refractivity (Wildman–Crippen MR) is 219 cm³/mol. The zero-order valence-corrected chi connectivity index (χ0v) is 35.4. The van der Waals surface area contributed by atoms with Crippen LogP contribution in [-0.4, -0.2) is 61.9 Å². The maximum absolute atomic E-state index is 13.6. The molecule has 0 unspecified atom stereocenters. The monoisotopic (exact) mass is 839 g/mol. The highest BCUT2D eigenvalue weighted by molar-refractivity contribution is 8.24. The van der Waals surface area contributed by atoms with Gasteiger partial charge in [0.1, 0.15) is 17.6 Å². The van der Waals surface area contributed by atoms with Crippen molar-refractivity contribution in [2.24, 2.45) is 23.7 Å². The van der Waals surface area contributed by atoms with Crippen LogP contribution < -0.4 is 9.47 Å². The summed E-state index contributed by atoms with van der Waals surface area (Å²) in [5.74, 6) is -1.61. The van der Waals surface area contributed by atoms with Crippen molar-refractivity contribution >= 4 is 53.4 Å². The molecule has 1 aromatic rings. The Morgan fingerprint density at radius 1 is 0.707 bits per heavy atom. The Labute approximate surface area is 350 Å². The lowest BCUT2D eigenvalue weighted by Gasteiger charge is -2.31. The third-order valence-electron chi connectivity index (χ3n) is 11.2. The van der Waals surface area contributed by atoms with E-state index < -0.39 is 23.8 Å². The number of fused-ring (bicyclic) bond motifs is 1. The number of unbranched alkanes of at least 4 members (excludes halogenated alkanes) is 3. The van der Waals surface area contributed by atoms with E-state index in [0.29, 0.717) is 71.0 Å². The Morgan fingerprint density at radius 3 is 1.76 bits per heavy atom. The van der Waals surface area contributed by atoms with Crippen LogP contribution in [0.2, 0.25) is 0 Å². The number of hydrogen-bond acceptors (Lipinski definition) is 13. The zero-order valence-electron chi connectivity index (χ0n) is 33.8. The Bertz CT molecular complexity index is 1700. The average molecular weight is 840 g/mol. The topological polar surface area (TPSA) is 145 Å². The van der Waals surface area contributed by atoms with Crippen LogP contribution >= 0.6 is 23.5 Å². The highest BCUT2D eigenvalue weighted by atomic mass is 32.2. The molecule has 12 nitrogen and oxygen atoms in total. The van der Waals surface area contributed by atoms with Gasteiger partial charge in [-0.1, -0.05) is 50.4 Å². The van der Waals surface area contributed by atoms with E-state index in [1.165, 1.54) is 6.08 Å². The molecule has 0 amide bonds. The fourth-order valence-electron chi connectivity index (χ4n) is 7.68. The maximum atomic E-state index is 13.6. The molecule has 0 saturated heterocycles. The number of nitrogens with zero attached hydrogens (tertiary/aromatic N) is 1. The van der Waals surface area contributed by atoms with Crippen LogP contribution in [-0.2, 0) is 42.9 Å². The summed E-state index contributed by atoms with van der Waals surface area (Å²) in [5, 5.41) is 0. The Morgan fingerprint density at radius 2 is 1.22 bits per heavy atom. The van der Waals surface area contributed by atoms with Crippen molar-refractivity contribution in [1.29, 1.82) is 0 Å². The van der Waals surface area contributed by atoms with Gasteiger partial charge < -0.3 is 28.4 Å². The molecule has 0 N–H and O–H groups in total. The molecule has 5 rings (SSSR count). The average Bonchev–Trinajstić information content (AvgIpc) is 3.68. The Kier molecular flexibility index (Phi) is 18.0. The summed E-state index contributed by atoms with van der Waals surface area (Å²) >= 11 is 2.27. The Hall–Kier alpha value is -3.80. The van der Waals surface area contributed by atoms with Gasteiger partial charge in [-0.3, -0.25) is 19.2 Å². The molecule has 0 spiro atoms. The highest BCUT2D eigenvalue weighted by Gasteiger charge is 2.36. The summed E-state index contributed by atoms with van der Waals surface area (Å²) in [6.07, 6.45) is 14.1. The molecule has 0 atom stereocenters. The van der Waals surface area contributed by atoms with Crippen molar-refractivity contribution in [3.8, 4) is 11.5 Å². The highest BCUT2D eigenvalue weighted by Crippen LogP contribution is 2.59. The van der Waals surface area contributed by atoms with Crippen LogP contribution in [0.3, 0.4) is 0 Å². The molecule has 3 fully saturated rings.